The van der Waals surface area contributed by atoms with E-state index in [1.54, 1.807) is 0 Å². The van der Waals surface area contributed by atoms with Gasteiger partial charge in [0, 0.05) is 32.7 Å². The number of nitrogens with zero attached hydrogens (tertiary/aromatic N) is 2. The number of urea groups is 1. The van der Waals surface area contributed by atoms with Crippen LogP contribution in [-0.4, -0.2) is 73.5 Å². The number of hydrogen-bond donors (Lipinski definition) is 3. The lowest BCUT2D eigenvalue weighted by Gasteiger charge is -2.32. The van der Waals surface area contributed by atoms with E-state index in [0.717, 1.165) is 19.4 Å². The highest BCUT2D eigenvalue weighted by molar-refractivity contribution is 5.96. The number of likely N-dealkylation sites (tertiary alicyclic amines) is 1. The molecule has 2 heterocycles. The maximum atomic E-state index is 12.1. The van der Waals surface area contributed by atoms with E-state index in [-0.39, 0.29) is 30.3 Å². The summed E-state index contributed by atoms with van der Waals surface area (Å²) in [5.74, 6) is -0.310. The second-order valence-electron chi connectivity index (χ2n) is 5.43. The Morgan fingerprint density at radius 3 is 2.86 bits per heavy atom. The van der Waals surface area contributed by atoms with Gasteiger partial charge in [0.1, 0.15) is 0 Å². The first kappa shape index (κ1) is 15.7. The summed E-state index contributed by atoms with van der Waals surface area (Å²) in [5.41, 5.74) is 5.37. The van der Waals surface area contributed by atoms with Crippen LogP contribution < -0.4 is 16.4 Å². The summed E-state index contributed by atoms with van der Waals surface area (Å²) in [4.78, 5) is 38.7. The van der Waals surface area contributed by atoms with Crippen LogP contribution in [0.4, 0.5) is 4.79 Å². The standard InChI is InChI=1S/C13H23N5O3/c14-3-4-15-12(20)10-2-1-6-17(8-10)9-11(19)18-7-5-16-13(18)21/h10H,1-9,14H2,(H,15,20)(H,16,21). The molecule has 8 nitrogen and oxygen atoms in total. The predicted molar refractivity (Wildman–Crippen MR) is 76.3 cm³/mol. The number of carbonyl (C=O) groups excluding carboxylic acids is 3. The molecule has 8 heteroatoms. The molecule has 21 heavy (non-hydrogen) atoms. The van der Waals surface area contributed by atoms with Gasteiger partial charge in [0.2, 0.25) is 11.8 Å². The molecule has 118 valence electrons. The Balaban J connectivity index is 1.82. The van der Waals surface area contributed by atoms with Gasteiger partial charge in [-0.25, -0.2) is 4.79 Å². The second-order valence-corrected chi connectivity index (χ2v) is 5.43. The quantitative estimate of drug-likeness (QED) is 0.562. The monoisotopic (exact) mass is 297 g/mol. The number of rotatable bonds is 5. The van der Waals surface area contributed by atoms with E-state index >= 15 is 0 Å². The van der Waals surface area contributed by atoms with Crippen LogP contribution in [0.5, 0.6) is 0 Å². The third-order valence-corrected chi connectivity index (χ3v) is 3.84. The zero-order valence-corrected chi connectivity index (χ0v) is 12.1. The van der Waals surface area contributed by atoms with Crippen molar-refractivity contribution in [1.82, 2.24) is 20.4 Å². The lowest BCUT2D eigenvalue weighted by atomic mass is 9.97. The maximum absolute atomic E-state index is 12.1. The summed E-state index contributed by atoms with van der Waals surface area (Å²) in [6.07, 6.45) is 1.70. The minimum Gasteiger partial charge on any atom is -0.355 e. The van der Waals surface area contributed by atoms with E-state index < -0.39 is 0 Å². The van der Waals surface area contributed by atoms with E-state index in [9.17, 15) is 14.4 Å². The largest absolute Gasteiger partial charge is 0.355 e. The zero-order chi connectivity index (χ0) is 15.2. The van der Waals surface area contributed by atoms with E-state index in [1.807, 2.05) is 4.90 Å². The maximum Gasteiger partial charge on any atom is 0.324 e. The average molecular weight is 297 g/mol. The fraction of sp³-hybridized carbons (Fsp3) is 0.769. The van der Waals surface area contributed by atoms with E-state index in [2.05, 4.69) is 10.6 Å². The summed E-state index contributed by atoms with van der Waals surface area (Å²) in [6, 6.07) is -0.325. The highest BCUT2D eigenvalue weighted by atomic mass is 16.2. The Morgan fingerprint density at radius 2 is 2.19 bits per heavy atom. The SMILES string of the molecule is NCCNC(=O)C1CCCN(CC(=O)N2CCNC2=O)C1. The fourth-order valence-electron chi connectivity index (χ4n) is 2.74. The molecule has 0 aromatic heterocycles. The van der Waals surface area contributed by atoms with Crippen molar-refractivity contribution >= 4 is 17.8 Å². The first-order valence-electron chi connectivity index (χ1n) is 7.40. The van der Waals surface area contributed by atoms with Crippen molar-refractivity contribution in [2.24, 2.45) is 11.7 Å². The molecule has 0 saturated carbocycles. The van der Waals surface area contributed by atoms with E-state index in [1.165, 1.54) is 4.90 Å². The molecule has 4 amide bonds. The smallest absolute Gasteiger partial charge is 0.324 e. The lowest BCUT2D eigenvalue weighted by Crippen LogP contribution is -2.48. The molecule has 0 aromatic carbocycles. The van der Waals surface area contributed by atoms with Gasteiger partial charge in [-0.15, -0.1) is 0 Å². The molecule has 0 aromatic rings. The Bertz CT molecular complexity index is 415. The first-order chi connectivity index (χ1) is 10.1. The fourth-order valence-corrected chi connectivity index (χ4v) is 2.74. The van der Waals surface area contributed by atoms with Gasteiger partial charge >= 0.3 is 6.03 Å². The van der Waals surface area contributed by atoms with Gasteiger partial charge in [0.25, 0.3) is 0 Å². The zero-order valence-electron chi connectivity index (χ0n) is 12.1. The molecular formula is C13H23N5O3. The Hall–Kier alpha value is -1.67. The molecule has 1 unspecified atom stereocenters. The van der Waals surface area contributed by atoms with Gasteiger partial charge in [-0.2, -0.15) is 0 Å². The number of piperidine rings is 1. The van der Waals surface area contributed by atoms with Gasteiger partial charge in [-0.3, -0.25) is 19.4 Å². The van der Waals surface area contributed by atoms with Crippen molar-refractivity contribution < 1.29 is 14.4 Å². The van der Waals surface area contributed by atoms with Crippen LogP contribution in [0, 0.1) is 5.92 Å². The number of nitrogens with two attached hydrogens (primary N) is 1. The van der Waals surface area contributed by atoms with Crippen molar-refractivity contribution in [3.63, 3.8) is 0 Å². The number of amides is 4. The summed E-state index contributed by atoms with van der Waals surface area (Å²) in [7, 11) is 0. The predicted octanol–water partition coefficient (Wildman–Crippen LogP) is -1.67. The van der Waals surface area contributed by atoms with Crippen LogP contribution in [0.1, 0.15) is 12.8 Å². The van der Waals surface area contributed by atoms with E-state index in [4.69, 9.17) is 5.73 Å². The van der Waals surface area contributed by atoms with Gasteiger partial charge in [-0.05, 0) is 19.4 Å². The van der Waals surface area contributed by atoms with Crippen LogP contribution in [-0.2, 0) is 9.59 Å². The van der Waals surface area contributed by atoms with Crippen LogP contribution in [0.25, 0.3) is 0 Å². The highest BCUT2D eigenvalue weighted by Crippen LogP contribution is 2.16. The molecule has 2 fully saturated rings. The summed E-state index contributed by atoms with van der Waals surface area (Å²) in [5, 5.41) is 5.40. The van der Waals surface area contributed by atoms with Crippen molar-refractivity contribution in [1.29, 1.82) is 0 Å². The Morgan fingerprint density at radius 1 is 1.38 bits per heavy atom. The normalized spacial score (nSPS) is 23.0. The topological polar surface area (TPSA) is 108 Å². The summed E-state index contributed by atoms with van der Waals surface area (Å²) < 4.78 is 0. The van der Waals surface area contributed by atoms with Crippen molar-refractivity contribution in [2.75, 3.05) is 45.8 Å². The molecule has 1 atom stereocenters. The Kier molecular flexibility index (Phi) is 5.51. The summed E-state index contributed by atoms with van der Waals surface area (Å²) in [6.45, 7) is 3.35. The summed E-state index contributed by atoms with van der Waals surface area (Å²) >= 11 is 0. The van der Waals surface area contributed by atoms with Crippen molar-refractivity contribution in [2.45, 2.75) is 12.8 Å². The number of imide groups is 1. The molecule has 0 bridgehead atoms. The molecule has 2 aliphatic rings. The van der Waals surface area contributed by atoms with Crippen molar-refractivity contribution in [3.8, 4) is 0 Å². The molecule has 0 aliphatic carbocycles. The minimum atomic E-state index is -0.325. The van der Waals surface area contributed by atoms with Gasteiger partial charge < -0.3 is 16.4 Å². The van der Waals surface area contributed by atoms with Gasteiger partial charge in [0.05, 0.1) is 12.5 Å². The first-order valence-corrected chi connectivity index (χ1v) is 7.40. The van der Waals surface area contributed by atoms with Crippen LogP contribution in [0.3, 0.4) is 0 Å². The second kappa shape index (κ2) is 7.37. The number of nitrogens with one attached hydrogen (secondary N) is 2. The molecule has 0 radical (unpaired) electrons. The molecule has 4 N–H and O–H groups in total. The number of carbonyl (C=O) groups is 3. The molecule has 2 saturated heterocycles. The third kappa shape index (κ3) is 4.15. The highest BCUT2D eigenvalue weighted by Gasteiger charge is 2.30. The minimum absolute atomic E-state index is 0.00323. The van der Waals surface area contributed by atoms with Gasteiger partial charge in [0.15, 0.2) is 0 Å². The van der Waals surface area contributed by atoms with Crippen LogP contribution >= 0.6 is 0 Å². The van der Waals surface area contributed by atoms with Gasteiger partial charge in [-0.1, -0.05) is 0 Å². The molecule has 2 rings (SSSR count). The third-order valence-electron chi connectivity index (χ3n) is 3.84. The number of hydrogen-bond acceptors (Lipinski definition) is 5. The van der Waals surface area contributed by atoms with E-state index in [0.29, 0.717) is 32.7 Å². The molecular weight excluding hydrogens is 274 g/mol. The molecule has 0 spiro atoms. The average Bonchev–Trinajstić information content (AvgIpc) is 2.91. The van der Waals surface area contributed by atoms with Crippen LogP contribution in [0.2, 0.25) is 0 Å². The molecule has 2 aliphatic heterocycles. The van der Waals surface area contributed by atoms with Crippen LogP contribution in [0.15, 0.2) is 0 Å². The lowest BCUT2D eigenvalue weighted by molar-refractivity contribution is -0.132. The van der Waals surface area contributed by atoms with Crippen molar-refractivity contribution in [3.05, 3.63) is 0 Å². The Labute approximate surface area is 124 Å².